The lowest BCUT2D eigenvalue weighted by molar-refractivity contribution is -0.118. The summed E-state index contributed by atoms with van der Waals surface area (Å²) < 4.78 is 14.1. The average Bonchev–Trinajstić information content (AvgIpc) is 2.66. The van der Waals surface area contributed by atoms with Gasteiger partial charge in [-0.3, -0.25) is 9.59 Å². The number of amides is 1. The van der Waals surface area contributed by atoms with Crippen molar-refractivity contribution in [3.8, 4) is 0 Å². The molecule has 1 atom stereocenters. The molecular weight excluding hydrogens is 293 g/mol. The average molecular weight is 312 g/mol. The van der Waals surface area contributed by atoms with Crippen molar-refractivity contribution in [1.82, 2.24) is 4.90 Å². The summed E-state index contributed by atoms with van der Waals surface area (Å²) >= 11 is 5.75. The van der Waals surface area contributed by atoms with Crippen molar-refractivity contribution in [2.24, 2.45) is 0 Å². The molecular formula is C16H19ClFNO2. The van der Waals surface area contributed by atoms with E-state index in [1.807, 2.05) is 0 Å². The minimum absolute atomic E-state index is 0.0158. The Bertz CT molecular complexity index is 547. The Balaban J connectivity index is 2.28. The van der Waals surface area contributed by atoms with Gasteiger partial charge in [-0.15, -0.1) is 0 Å². The van der Waals surface area contributed by atoms with E-state index in [4.69, 9.17) is 11.6 Å². The van der Waals surface area contributed by atoms with Crippen LogP contribution in [0.25, 0.3) is 0 Å². The maximum absolute atomic E-state index is 14.1. The second-order valence-corrected chi connectivity index (χ2v) is 5.92. The van der Waals surface area contributed by atoms with Crippen molar-refractivity contribution in [3.05, 3.63) is 34.6 Å². The summed E-state index contributed by atoms with van der Waals surface area (Å²) in [5.41, 5.74) is -0.0158. The Hall–Kier alpha value is -1.42. The molecule has 0 saturated carbocycles. The Morgan fingerprint density at radius 1 is 1.33 bits per heavy atom. The molecule has 114 valence electrons. The van der Waals surface area contributed by atoms with Crippen LogP contribution in [-0.2, 0) is 4.79 Å². The van der Waals surface area contributed by atoms with Gasteiger partial charge in [0.2, 0.25) is 0 Å². The molecule has 1 aliphatic rings. The van der Waals surface area contributed by atoms with Crippen molar-refractivity contribution < 1.29 is 14.0 Å². The van der Waals surface area contributed by atoms with Gasteiger partial charge in [0.15, 0.2) is 5.82 Å². The fourth-order valence-corrected chi connectivity index (χ4v) is 2.99. The number of hydrogen-bond donors (Lipinski definition) is 0. The van der Waals surface area contributed by atoms with E-state index < -0.39 is 5.82 Å². The third-order valence-corrected chi connectivity index (χ3v) is 4.13. The van der Waals surface area contributed by atoms with E-state index in [1.165, 1.54) is 19.1 Å². The van der Waals surface area contributed by atoms with E-state index in [0.717, 1.165) is 25.7 Å². The van der Waals surface area contributed by atoms with Gasteiger partial charge in [-0.25, -0.2) is 4.39 Å². The smallest absolute Gasteiger partial charge is 0.257 e. The van der Waals surface area contributed by atoms with Crippen molar-refractivity contribution in [2.75, 3.05) is 6.54 Å². The molecule has 1 amide bonds. The normalized spacial score (nSPS) is 19.2. The SMILES string of the molecule is CC(=O)CC1CCCCCN1C(=O)c1cccc(Cl)c1F. The predicted octanol–water partition coefficient (Wildman–Crippen LogP) is 3.84. The lowest BCUT2D eigenvalue weighted by Gasteiger charge is -2.29. The monoisotopic (exact) mass is 311 g/mol. The zero-order chi connectivity index (χ0) is 15.4. The van der Waals surface area contributed by atoms with Crippen LogP contribution in [0.1, 0.15) is 49.4 Å². The van der Waals surface area contributed by atoms with Gasteiger partial charge in [-0.05, 0) is 31.9 Å². The Morgan fingerprint density at radius 3 is 2.81 bits per heavy atom. The molecule has 1 heterocycles. The molecule has 3 nitrogen and oxygen atoms in total. The number of hydrogen-bond acceptors (Lipinski definition) is 2. The van der Waals surface area contributed by atoms with Crippen LogP contribution >= 0.6 is 11.6 Å². The fourth-order valence-electron chi connectivity index (χ4n) is 2.81. The largest absolute Gasteiger partial charge is 0.335 e. The van der Waals surface area contributed by atoms with E-state index in [9.17, 15) is 14.0 Å². The van der Waals surface area contributed by atoms with Gasteiger partial charge >= 0.3 is 0 Å². The van der Waals surface area contributed by atoms with E-state index in [-0.39, 0.29) is 28.3 Å². The highest BCUT2D eigenvalue weighted by molar-refractivity contribution is 6.31. The van der Waals surface area contributed by atoms with Crippen LogP contribution in [0.3, 0.4) is 0 Å². The summed E-state index contributed by atoms with van der Waals surface area (Å²) in [5.74, 6) is -1.01. The lowest BCUT2D eigenvalue weighted by Crippen LogP contribution is -2.41. The van der Waals surface area contributed by atoms with Gasteiger partial charge in [0.25, 0.3) is 5.91 Å². The van der Waals surface area contributed by atoms with Gasteiger partial charge in [0.05, 0.1) is 10.6 Å². The molecule has 1 aromatic rings. The first-order chi connectivity index (χ1) is 10.0. The van der Waals surface area contributed by atoms with Crippen LogP contribution < -0.4 is 0 Å². The highest BCUT2D eigenvalue weighted by atomic mass is 35.5. The maximum atomic E-state index is 14.1. The van der Waals surface area contributed by atoms with E-state index in [1.54, 1.807) is 11.0 Å². The number of halogens is 2. The Morgan fingerprint density at radius 2 is 2.10 bits per heavy atom. The van der Waals surface area contributed by atoms with E-state index >= 15 is 0 Å². The second kappa shape index (κ2) is 7.03. The number of ketones is 1. The highest BCUT2D eigenvalue weighted by Gasteiger charge is 2.29. The summed E-state index contributed by atoms with van der Waals surface area (Å²) in [6, 6.07) is 4.29. The minimum atomic E-state index is -0.685. The number of likely N-dealkylation sites (tertiary alicyclic amines) is 1. The molecule has 0 spiro atoms. The van der Waals surface area contributed by atoms with Gasteiger partial charge < -0.3 is 4.90 Å². The first-order valence-electron chi connectivity index (χ1n) is 7.25. The summed E-state index contributed by atoms with van der Waals surface area (Å²) in [7, 11) is 0. The molecule has 0 bridgehead atoms. The van der Waals surface area contributed by atoms with Crippen LogP contribution in [0, 0.1) is 5.82 Å². The van der Waals surface area contributed by atoms with Crippen LogP contribution in [-0.4, -0.2) is 29.2 Å². The van der Waals surface area contributed by atoms with E-state index in [2.05, 4.69) is 0 Å². The number of rotatable bonds is 3. The molecule has 0 aliphatic carbocycles. The molecule has 1 aliphatic heterocycles. The van der Waals surface area contributed by atoms with Crippen molar-refractivity contribution in [2.45, 2.75) is 45.1 Å². The zero-order valence-corrected chi connectivity index (χ0v) is 12.8. The van der Waals surface area contributed by atoms with E-state index in [0.29, 0.717) is 13.0 Å². The molecule has 1 unspecified atom stereocenters. The maximum Gasteiger partial charge on any atom is 0.257 e. The van der Waals surface area contributed by atoms with Crippen molar-refractivity contribution in [1.29, 1.82) is 0 Å². The quantitative estimate of drug-likeness (QED) is 0.850. The molecule has 1 aromatic carbocycles. The third-order valence-electron chi connectivity index (χ3n) is 3.84. The van der Waals surface area contributed by atoms with Crippen molar-refractivity contribution in [3.63, 3.8) is 0 Å². The van der Waals surface area contributed by atoms with Gasteiger partial charge in [0.1, 0.15) is 5.78 Å². The van der Waals surface area contributed by atoms with Crippen LogP contribution in [0.4, 0.5) is 4.39 Å². The first kappa shape index (κ1) is 16.0. The minimum Gasteiger partial charge on any atom is -0.335 e. The number of benzene rings is 1. The van der Waals surface area contributed by atoms with Crippen molar-refractivity contribution >= 4 is 23.3 Å². The second-order valence-electron chi connectivity index (χ2n) is 5.51. The summed E-state index contributed by atoms with van der Waals surface area (Å²) in [4.78, 5) is 25.7. The Kier molecular flexibility index (Phi) is 5.34. The van der Waals surface area contributed by atoms with Crippen LogP contribution in [0.15, 0.2) is 18.2 Å². The molecule has 1 saturated heterocycles. The molecule has 0 radical (unpaired) electrons. The van der Waals surface area contributed by atoms with Gasteiger partial charge in [-0.1, -0.05) is 30.5 Å². The molecule has 2 rings (SSSR count). The predicted molar refractivity (Wildman–Crippen MR) is 80.0 cm³/mol. The summed E-state index contributed by atoms with van der Waals surface area (Å²) in [5, 5.41) is -0.0567. The highest BCUT2D eigenvalue weighted by Crippen LogP contribution is 2.25. The van der Waals surface area contributed by atoms with Crippen LogP contribution in [0.2, 0.25) is 5.02 Å². The summed E-state index contributed by atoms with van der Waals surface area (Å²) in [6.45, 7) is 2.08. The number of nitrogens with zero attached hydrogens (tertiary/aromatic N) is 1. The molecule has 1 fully saturated rings. The fraction of sp³-hybridized carbons (Fsp3) is 0.500. The zero-order valence-electron chi connectivity index (χ0n) is 12.1. The summed E-state index contributed by atoms with van der Waals surface area (Å²) in [6.07, 6.45) is 4.00. The standard InChI is InChI=1S/C16H19ClFNO2/c1-11(20)10-12-6-3-2-4-9-19(12)16(21)13-7-5-8-14(17)15(13)18/h5,7-8,12H,2-4,6,9-10H2,1H3. The number of carbonyl (C=O) groups excluding carboxylic acids is 2. The molecule has 21 heavy (non-hydrogen) atoms. The van der Waals surface area contributed by atoms with Crippen LogP contribution in [0.5, 0.6) is 0 Å². The first-order valence-corrected chi connectivity index (χ1v) is 7.63. The third kappa shape index (κ3) is 3.82. The van der Waals surface area contributed by atoms with Gasteiger partial charge in [-0.2, -0.15) is 0 Å². The lowest BCUT2D eigenvalue weighted by atomic mass is 10.0. The molecule has 5 heteroatoms. The number of Topliss-reactive ketones (excluding diaryl/α,β-unsaturated/α-hetero) is 1. The number of carbonyl (C=O) groups is 2. The van der Waals surface area contributed by atoms with Gasteiger partial charge in [0, 0.05) is 19.0 Å². The Labute approximate surface area is 129 Å². The molecule has 0 N–H and O–H groups in total. The molecule has 0 aromatic heterocycles. The topological polar surface area (TPSA) is 37.4 Å².